The van der Waals surface area contributed by atoms with Crippen molar-refractivity contribution in [2.45, 2.75) is 39.0 Å². The lowest BCUT2D eigenvalue weighted by Gasteiger charge is -2.01. The molecule has 0 N–H and O–H groups in total. The maximum absolute atomic E-state index is 11.8. The van der Waals surface area contributed by atoms with Crippen LogP contribution in [0.5, 0.6) is 0 Å². The zero-order chi connectivity index (χ0) is 12.7. The van der Waals surface area contributed by atoms with Crippen molar-refractivity contribution < 1.29 is 9.59 Å². The molecule has 0 spiro atoms. The molecule has 0 aliphatic heterocycles. The molecule has 0 fully saturated rings. The summed E-state index contributed by atoms with van der Waals surface area (Å²) in [5.74, 6) is 0.152. The first kappa shape index (κ1) is 13.9. The minimum absolute atomic E-state index is 0.0163. The highest BCUT2D eigenvalue weighted by Crippen LogP contribution is 2.13. The Morgan fingerprint density at radius 1 is 1.18 bits per heavy atom. The van der Waals surface area contributed by atoms with Gasteiger partial charge in [0.25, 0.3) is 0 Å². The van der Waals surface area contributed by atoms with Gasteiger partial charge in [-0.1, -0.05) is 37.1 Å². The van der Waals surface area contributed by atoms with Gasteiger partial charge in [0.1, 0.15) is 5.78 Å². The number of benzene rings is 1. The molecule has 3 heteroatoms. The highest BCUT2D eigenvalue weighted by Gasteiger charge is 2.09. The van der Waals surface area contributed by atoms with Crippen molar-refractivity contribution in [3.63, 3.8) is 0 Å². The van der Waals surface area contributed by atoms with Crippen molar-refractivity contribution in [3.8, 4) is 0 Å². The minimum atomic E-state index is -0.0163. The number of unbranched alkanes of at least 4 members (excludes halogenated alkanes) is 1. The third-order valence-electron chi connectivity index (χ3n) is 2.59. The van der Waals surface area contributed by atoms with E-state index in [-0.39, 0.29) is 18.0 Å². The third kappa shape index (κ3) is 5.14. The van der Waals surface area contributed by atoms with Gasteiger partial charge in [-0.15, -0.1) is 0 Å². The van der Waals surface area contributed by atoms with E-state index >= 15 is 0 Å². The van der Waals surface area contributed by atoms with Crippen LogP contribution < -0.4 is 0 Å². The second kappa shape index (κ2) is 7.23. The fourth-order valence-electron chi connectivity index (χ4n) is 1.56. The molecular formula is C14H17ClO2. The first-order valence-electron chi connectivity index (χ1n) is 5.94. The smallest absolute Gasteiger partial charge is 0.163 e. The van der Waals surface area contributed by atoms with E-state index < -0.39 is 0 Å². The van der Waals surface area contributed by atoms with Crippen molar-refractivity contribution in [1.82, 2.24) is 0 Å². The van der Waals surface area contributed by atoms with Crippen LogP contribution in [0.2, 0.25) is 5.02 Å². The Bertz CT molecular complexity index is 399. The lowest BCUT2D eigenvalue weighted by atomic mass is 10.0. The Morgan fingerprint density at radius 3 is 2.59 bits per heavy atom. The molecular weight excluding hydrogens is 236 g/mol. The summed E-state index contributed by atoms with van der Waals surface area (Å²) in [6.45, 7) is 2.05. The van der Waals surface area contributed by atoms with Crippen LogP contribution in [-0.4, -0.2) is 11.6 Å². The predicted octanol–water partition coefficient (Wildman–Crippen LogP) is 4.06. The molecule has 0 bridgehead atoms. The topological polar surface area (TPSA) is 34.1 Å². The van der Waals surface area contributed by atoms with Gasteiger partial charge in [0.05, 0.1) is 0 Å². The predicted molar refractivity (Wildman–Crippen MR) is 69.5 cm³/mol. The fourth-order valence-corrected chi connectivity index (χ4v) is 1.75. The number of hydrogen-bond acceptors (Lipinski definition) is 2. The first-order chi connectivity index (χ1) is 8.13. The van der Waals surface area contributed by atoms with Gasteiger partial charge in [-0.05, 0) is 18.6 Å². The monoisotopic (exact) mass is 252 g/mol. The maximum Gasteiger partial charge on any atom is 0.163 e. The van der Waals surface area contributed by atoms with Crippen LogP contribution in [0.15, 0.2) is 24.3 Å². The van der Waals surface area contributed by atoms with E-state index in [1.165, 1.54) is 0 Å². The summed E-state index contributed by atoms with van der Waals surface area (Å²) >= 11 is 5.80. The minimum Gasteiger partial charge on any atom is -0.300 e. The Balaban J connectivity index is 2.42. The van der Waals surface area contributed by atoms with Crippen LogP contribution in [-0.2, 0) is 4.79 Å². The summed E-state index contributed by atoms with van der Waals surface area (Å²) in [5, 5.41) is 0.549. The number of halogens is 1. The fraction of sp³-hybridized carbons (Fsp3) is 0.429. The van der Waals surface area contributed by atoms with E-state index in [0.29, 0.717) is 23.4 Å². The lowest BCUT2D eigenvalue weighted by molar-refractivity contribution is -0.119. The van der Waals surface area contributed by atoms with E-state index in [0.717, 1.165) is 12.8 Å². The highest BCUT2D eigenvalue weighted by molar-refractivity contribution is 6.31. The largest absolute Gasteiger partial charge is 0.300 e. The molecule has 0 atom stereocenters. The summed E-state index contributed by atoms with van der Waals surface area (Å²) in [4.78, 5) is 23.2. The van der Waals surface area contributed by atoms with Gasteiger partial charge in [-0.3, -0.25) is 9.59 Å². The molecule has 0 radical (unpaired) electrons. The number of ketones is 2. The molecule has 17 heavy (non-hydrogen) atoms. The van der Waals surface area contributed by atoms with Crippen LogP contribution in [0.4, 0.5) is 0 Å². The summed E-state index contributed by atoms with van der Waals surface area (Å²) in [5.41, 5.74) is 0.584. The molecule has 0 aliphatic carbocycles. The Hall–Kier alpha value is -1.15. The van der Waals surface area contributed by atoms with Crippen LogP contribution in [0.3, 0.4) is 0 Å². The van der Waals surface area contributed by atoms with E-state index in [1.54, 1.807) is 24.3 Å². The van der Waals surface area contributed by atoms with Crippen molar-refractivity contribution in [3.05, 3.63) is 34.9 Å². The summed E-state index contributed by atoms with van der Waals surface area (Å²) < 4.78 is 0. The average molecular weight is 253 g/mol. The van der Waals surface area contributed by atoms with Crippen molar-refractivity contribution in [2.75, 3.05) is 0 Å². The average Bonchev–Trinajstić information content (AvgIpc) is 2.33. The molecule has 0 amide bonds. The summed E-state index contributed by atoms with van der Waals surface area (Å²) in [6, 6.07) is 6.84. The normalized spacial score (nSPS) is 10.2. The van der Waals surface area contributed by atoms with Gasteiger partial charge in [-0.25, -0.2) is 0 Å². The van der Waals surface area contributed by atoms with Crippen LogP contribution in [0.25, 0.3) is 0 Å². The molecule has 0 heterocycles. The highest BCUT2D eigenvalue weighted by atomic mass is 35.5. The van der Waals surface area contributed by atoms with Gasteiger partial charge in [0.2, 0.25) is 0 Å². The molecule has 0 aromatic heterocycles. The van der Waals surface area contributed by atoms with Crippen molar-refractivity contribution in [1.29, 1.82) is 0 Å². The molecule has 1 aromatic rings. The molecule has 1 rings (SSSR count). The van der Waals surface area contributed by atoms with E-state index in [2.05, 4.69) is 0 Å². The quantitative estimate of drug-likeness (QED) is 0.686. The van der Waals surface area contributed by atoms with Gasteiger partial charge in [-0.2, -0.15) is 0 Å². The van der Waals surface area contributed by atoms with Crippen molar-refractivity contribution in [2.24, 2.45) is 0 Å². The second-order valence-corrected chi connectivity index (χ2v) is 4.51. The molecule has 1 aromatic carbocycles. The zero-order valence-electron chi connectivity index (χ0n) is 10.0. The molecule has 0 unspecified atom stereocenters. The molecule has 2 nitrogen and oxygen atoms in total. The van der Waals surface area contributed by atoms with Gasteiger partial charge in [0.15, 0.2) is 5.78 Å². The Kier molecular flexibility index (Phi) is 5.92. The molecule has 0 saturated heterocycles. The van der Waals surface area contributed by atoms with Crippen LogP contribution >= 0.6 is 11.6 Å². The SMILES string of the molecule is CCCCC(=O)CCC(=O)c1cccc(Cl)c1. The van der Waals surface area contributed by atoms with Gasteiger partial charge in [0, 0.05) is 29.8 Å². The lowest BCUT2D eigenvalue weighted by Crippen LogP contribution is -2.04. The Labute approximate surface area is 107 Å². The van der Waals surface area contributed by atoms with E-state index in [1.807, 2.05) is 6.92 Å². The number of carbonyl (C=O) groups excluding carboxylic acids is 2. The van der Waals surface area contributed by atoms with Gasteiger partial charge < -0.3 is 0 Å². The third-order valence-corrected chi connectivity index (χ3v) is 2.82. The first-order valence-corrected chi connectivity index (χ1v) is 6.31. The number of Topliss-reactive ketones (excluding diaryl/α,β-unsaturated/α-hetero) is 2. The summed E-state index contributed by atoms with van der Waals surface area (Å²) in [7, 11) is 0. The Morgan fingerprint density at radius 2 is 1.94 bits per heavy atom. The summed E-state index contributed by atoms with van der Waals surface area (Å²) in [6.07, 6.45) is 3.12. The maximum atomic E-state index is 11.8. The molecule has 92 valence electrons. The second-order valence-electron chi connectivity index (χ2n) is 4.08. The molecule has 0 saturated carbocycles. The zero-order valence-corrected chi connectivity index (χ0v) is 10.8. The number of hydrogen-bond donors (Lipinski definition) is 0. The molecule has 0 aliphatic rings. The number of rotatable bonds is 7. The van der Waals surface area contributed by atoms with Crippen molar-refractivity contribution >= 4 is 23.2 Å². The standard InChI is InChI=1S/C14H17ClO2/c1-2-3-7-13(16)8-9-14(17)11-5-4-6-12(15)10-11/h4-6,10H,2-3,7-9H2,1H3. The van der Waals surface area contributed by atoms with E-state index in [4.69, 9.17) is 11.6 Å². The van der Waals surface area contributed by atoms with Crippen LogP contribution in [0, 0.1) is 0 Å². The van der Waals surface area contributed by atoms with Gasteiger partial charge >= 0.3 is 0 Å². The number of carbonyl (C=O) groups is 2. The van der Waals surface area contributed by atoms with Crippen LogP contribution in [0.1, 0.15) is 49.4 Å². The van der Waals surface area contributed by atoms with E-state index in [9.17, 15) is 9.59 Å².